The summed E-state index contributed by atoms with van der Waals surface area (Å²) >= 11 is 6.15. The Kier molecular flexibility index (Phi) is 4.96. The number of fused-ring (bicyclic) bond motifs is 1. The number of primary amides is 1. The van der Waals surface area contributed by atoms with E-state index in [9.17, 15) is 9.59 Å². The molecule has 1 atom stereocenters. The average molecular weight is 308 g/mol. The zero-order chi connectivity index (χ0) is 15.4. The highest BCUT2D eigenvalue weighted by atomic mass is 35.5. The minimum atomic E-state index is -0.363. The van der Waals surface area contributed by atoms with Gasteiger partial charge in [0.15, 0.2) is 0 Å². The van der Waals surface area contributed by atoms with Gasteiger partial charge in [0, 0.05) is 13.0 Å². The van der Waals surface area contributed by atoms with Crippen LogP contribution in [0.1, 0.15) is 37.4 Å². The van der Waals surface area contributed by atoms with Crippen LogP contribution in [0.5, 0.6) is 0 Å². The lowest BCUT2D eigenvalue weighted by molar-refractivity contribution is -0.118. The van der Waals surface area contributed by atoms with E-state index in [1.807, 2.05) is 12.1 Å². The van der Waals surface area contributed by atoms with Crippen LogP contribution in [0.15, 0.2) is 29.1 Å². The molecule has 1 aromatic carbocycles. The van der Waals surface area contributed by atoms with Gasteiger partial charge in [-0.1, -0.05) is 12.1 Å². The number of para-hydroxylation sites is 1. The molecular weight excluding hydrogens is 290 g/mol. The van der Waals surface area contributed by atoms with Crippen molar-refractivity contribution in [3.8, 4) is 0 Å². The van der Waals surface area contributed by atoms with Crippen LogP contribution in [0.3, 0.4) is 0 Å². The van der Waals surface area contributed by atoms with Gasteiger partial charge < -0.3 is 5.73 Å². The Bertz CT molecular complexity index is 710. The first-order chi connectivity index (χ1) is 10.0. The molecule has 0 fully saturated rings. The maximum Gasteiger partial charge on any atom is 0.261 e. The summed E-state index contributed by atoms with van der Waals surface area (Å²) < 4.78 is 1.60. The van der Waals surface area contributed by atoms with E-state index in [1.54, 1.807) is 23.6 Å². The highest BCUT2D eigenvalue weighted by Crippen LogP contribution is 2.19. The number of carbonyl (C=O) groups excluding carboxylic acids is 1. The van der Waals surface area contributed by atoms with Crippen molar-refractivity contribution in [3.63, 3.8) is 0 Å². The number of benzene rings is 1. The predicted octanol–water partition coefficient (Wildman–Crippen LogP) is 2.35. The second-order valence-electron chi connectivity index (χ2n) is 4.98. The Labute approximate surface area is 127 Å². The van der Waals surface area contributed by atoms with Crippen molar-refractivity contribution in [1.82, 2.24) is 9.55 Å². The lowest BCUT2D eigenvalue weighted by atomic mass is 10.2. The molecular formula is C15H18ClN3O2. The summed E-state index contributed by atoms with van der Waals surface area (Å²) in [7, 11) is 0. The number of hydrogen-bond donors (Lipinski definition) is 1. The predicted molar refractivity (Wildman–Crippen MR) is 83.3 cm³/mol. The van der Waals surface area contributed by atoms with E-state index < -0.39 is 0 Å². The molecule has 0 saturated carbocycles. The highest BCUT2D eigenvalue weighted by molar-refractivity contribution is 6.20. The molecule has 0 radical (unpaired) electrons. The summed E-state index contributed by atoms with van der Waals surface area (Å²) in [4.78, 5) is 27.8. The summed E-state index contributed by atoms with van der Waals surface area (Å²) in [6.07, 6.45) is 1.64. The summed E-state index contributed by atoms with van der Waals surface area (Å²) in [6, 6.07) is 7.21. The number of aromatic nitrogens is 2. The number of hydrogen-bond acceptors (Lipinski definition) is 3. The van der Waals surface area contributed by atoms with Crippen molar-refractivity contribution in [2.75, 3.05) is 0 Å². The van der Waals surface area contributed by atoms with Gasteiger partial charge in [0.2, 0.25) is 5.91 Å². The summed E-state index contributed by atoms with van der Waals surface area (Å²) in [5.41, 5.74) is 5.67. The Balaban J connectivity index is 2.35. The van der Waals surface area contributed by atoms with Gasteiger partial charge >= 0.3 is 0 Å². The van der Waals surface area contributed by atoms with Crippen molar-refractivity contribution >= 4 is 28.4 Å². The first-order valence-corrected chi connectivity index (χ1v) is 7.36. The first-order valence-electron chi connectivity index (χ1n) is 6.92. The Morgan fingerprint density at radius 3 is 2.76 bits per heavy atom. The molecule has 1 aromatic heterocycles. The van der Waals surface area contributed by atoms with Crippen LogP contribution in [0, 0.1) is 0 Å². The maximum absolute atomic E-state index is 12.6. The standard InChI is InChI=1S/C15H18ClN3O2/c1-10(16)14-18-12-7-3-2-6-11(12)15(21)19(14)9-5-4-8-13(17)20/h2-3,6-7,10H,4-5,8-9H2,1H3,(H2,17,20). The molecule has 2 aromatic rings. The average Bonchev–Trinajstić information content (AvgIpc) is 2.44. The molecule has 0 aliphatic heterocycles. The van der Waals surface area contributed by atoms with Crippen LogP contribution in [0.4, 0.5) is 0 Å². The second-order valence-corrected chi connectivity index (χ2v) is 5.64. The quantitative estimate of drug-likeness (QED) is 0.657. The number of unbranched alkanes of at least 4 members (excludes halogenated alkanes) is 1. The van der Waals surface area contributed by atoms with Crippen LogP contribution < -0.4 is 11.3 Å². The summed E-state index contributed by atoms with van der Waals surface area (Å²) in [5.74, 6) is 0.226. The molecule has 2 N–H and O–H groups in total. The van der Waals surface area contributed by atoms with Gasteiger partial charge in [-0.05, 0) is 31.9 Å². The number of carbonyl (C=O) groups is 1. The zero-order valence-electron chi connectivity index (χ0n) is 11.9. The normalized spacial score (nSPS) is 12.5. The number of amides is 1. The third kappa shape index (κ3) is 3.61. The summed E-state index contributed by atoms with van der Waals surface area (Å²) in [5, 5.41) is 0.215. The van der Waals surface area contributed by atoms with Gasteiger partial charge in [-0.2, -0.15) is 0 Å². The number of nitrogens with zero attached hydrogens (tertiary/aromatic N) is 2. The molecule has 0 saturated heterocycles. The van der Waals surface area contributed by atoms with Crippen LogP contribution in [0.2, 0.25) is 0 Å². The van der Waals surface area contributed by atoms with Gasteiger partial charge in [-0.25, -0.2) is 4.98 Å². The van der Waals surface area contributed by atoms with E-state index in [4.69, 9.17) is 17.3 Å². The van der Waals surface area contributed by atoms with Crippen molar-refractivity contribution in [3.05, 3.63) is 40.4 Å². The smallest absolute Gasteiger partial charge is 0.261 e. The van der Waals surface area contributed by atoms with Crippen LogP contribution in [-0.2, 0) is 11.3 Å². The highest BCUT2D eigenvalue weighted by Gasteiger charge is 2.14. The van der Waals surface area contributed by atoms with E-state index in [-0.39, 0.29) is 16.8 Å². The van der Waals surface area contributed by atoms with E-state index in [0.29, 0.717) is 42.5 Å². The number of rotatable bonds is 6. The van der Waals surface area contributed by atoms with E-state index in [1.165, 1.54) is 0 Å². The van der Waals surface area contributed by atoms with Crippen LogP contribution in [-0.4, -0.2) is 15.5 Å². The molecule has 0 bridgehead atoms. The molecule has 1 heterocycles. The van der Waals surface area contributed by atoms with Gasteiger partial charge in [0.05, 0.1) is 16.3 Å². The number of nitrogens with two attached hydrogens (primary N) is 1. The summed E-state index contributed by atoms with van der Waals surface area (Å²) in [6.45, 7) is 2.27. The van der Waals surface area contributed by atoms with Gasteiger partial charge in [0.1, 0.15) is 5.82 Å². The third-order valence-electron chi connectivity index (χ3n) is 3.30. The van der Waals surface area contributed by atoms with E-state index in [0.717, 1.165) is 0 Å². The fraction of sp³-hybridized carbons (Fsp3) is 0.400. The van der Waals surface area contributed by atoms with Crippen LogP contribution >= 0.6 is 11.6 Å². The molecule has 6 heteroatoms. The topological polar surface area (TPSA) is 78.0 Å². The van der Waals surface area contributed by atoms with Crippen molar-refractivity contribution in [2.45, 2.75) is 38.1 Å². The fourth-order valence-corrected chi connectivity index (χ4v) is 2.44. The van der Waals surface area contributed by atoms with Gasteiger partial charge in [-0.3, -0.25) is 14.2 Å². The van der Waals surface area contributed by atoms with Crippen molar-refractivity contribution < 1.29 is 4.79 Å². The first kappa shape index (κ1) is 15.5. The SMILES string of the molecule is CC(Cl)c1nc2ccccc2c(=O)n1CCCCC(N)=O. The lowest BCUT2D eigenvalue weighted by Gasteiger charge is -2.14. The molecule has 2 rings (SSSR count). The second kappa shape index (κ2) is 6.72. The molecule has 1 unspecified atom stereocenters. The molecule has 0 aliphatic rings. The number of alkyl halides is 1. The zero-order valence-corrected chi connectivity index (χ0v) is 12.6. The van der Waals surface area contributed by atoms with Crippen molar-refractivity contribution in [2.24, 2.45) is 5.73 Å². The Morgan fingerprint density at radius 1 is 1.38 bits per heavy atom. The molecule has 112 valence electrons. The van der Waals surface area contributed by atoms with Gasteiger partial charge in [-0.15, -0.1) is 11.6 Å². The monoisotopic (exact) mass is 307 g/mol. The lowest BCUT2D eigenvalue weighted by Crippen LogP contribution is -2.26. The maximum atomic E-state index is 12.6. The minimum Gasteiger partial charge on any atom is -0.370 e. The minimum absolute atomic E-state index is 0.0952. The van der Waals surface area contributed by atoms with Crippen LogP contribution in [0.25, 0.3) is 10.9 Å². The number of halogens is 1. The van der Waals surface area contributed by atoms with E-state index >= 15 is 0 Å². The van der Waals surface area contributed by atoms with Gasteiger partial charge in [0.25, 0.3) is 5.56 Å². The molecule has 0 aliphatic carbocycles. The molecule has 21 heavy (non-hydrogen) atoms. The third-order valence-corrected chi connectivity index (χ3v) is 3.50. The van der Waals surface area contributed by atoms with E-state index in [2.05, 4.69) is 4.98 Å². The largest absolute Gasteiger partial charge is 0.370 e. The Hall–Kier alpha value is -1.88. The molecule has 0 spiro atoms. The fourth-order valence-electron chi connectivity index (χ4n) is 2.27. The molecule has 5 nitrogen and oxygen atoms in total. The Morgan fingerprint density at radius 2 is 2.10 bits per heavy atom. The van der Waals surface area contributed by atoms with Crippen molar-refractivity contribution in [1.29, 1.82) is 0 Å². The molecule has 1 amide bonds.